The normalized spacial score (nSPS) is 14.0. The van der Waals surface area contributed by atoms with E-state index in [2.05, 4.69) is 33.0 Å². The van der Waals surface area contributed by atoms with Crippen molar-refractivity contribution in [2.45, 2.75) is 52.4 Å². The Hall–Kier alpha value is -0.800. The van der Waals surface area contributed by atoms with Crippen LogP contribution in [0.1, 0.15) is 39.9 Å². The first-order valence-corrected chi connectivity index (χ1v) is 5.86. The van der Waals surface area contributed by atoms with Crippen molar-refractivity contribution in [1.29, 1.82) is 0 Å². The Morgan fingerprint density at radius 1 is 1.44 bits per heavy atom. The van der Waals surface area contributed by atoms with Crippen LogP contribution in [0.25, 0.3) is 0 Å². The maximum Gasteiger partial charge on any atom is 0.129 e. The van der Waals surface area contributed by atoms with E-state index in [4.69, 9.17) is 9.15 Å². The Balaban J connectivity index is 2.09. The Bertz CT molecular complexity index is 275. The number of nitrogens with one attached hydrogen (secondary N) is 1. The molecule has 3 nitrogen and oxygen atoms in total. The van der Waals surface area contributed by atoms with Gasteiger partial charge in [0.2, 0.25) is 0 Å². The maximum absolute atomic E-state index is 5.67. The molecule has 1 heterocycles. The van der Waals surface area contributed by atoms with E-state index in [0.29, 0.717) is 6.61 Å². The van der Waals surface area contributed by atoms with Crippen molar-refractivity contribution in [2.75, 3.05) is 6.54 Å². The molecule has 0 aliphatic rings. The van der Waals surface area contributed by atoms with Gasteiger partial charge < -0.3 is 14.5 Å². The van der Waals surface area contributed by atoms with Gasteiger partial charge in [-0.2, -0.15) is 0 Å². The van der Waals surface area contributed by atoms with Crippen LogP contribution in [-0.4, -0.2) is 18.2 Å². The monoisotopic (exact) mass is 225 g/mol. The van der Waals surface area contributed by atoms with Gasteiger partial charge in [0, 0.05) is 5.54 Å². The zero-order valence-corrected chi connectivity index (χ0v) is 10.7. The number of furan rings is 1. The van der Waals surface area contributed by atoms with E-state index < -0.39 is 0 Å². The van der Waals surface area contributed by atoms with Crippen molar-refractivity contribution in [3.63, 3.8) is 0 Å². The predicted octanol–water partition coefficient (Wildman–Crippen LogP) is 2.96. The molecule has 1 unspecified atom stereocenters. The van der Waals surface area contributed by atoms with E-state index in [-0.39, 0.29) is 11.6 Å². The topological polar surface area (TPSA) is 34.4 Å². The van der Waals surface area contributed by atoms with Crippen molar-refractivity contribution in [3.8, 4) is 0 Å². The fourth-order valence-electron chi connectivity index (χ4n) is 1.35. The SMILES string of the molecule is CC(CCNC(C)(C)C)OCc1ccco1. The smallest absolute Gasteiger partial charge is 0.129 e. The van der Waals surface area contributed by atoms with Gasteiger partial charge in [0.05, 0.1) is 12.4 Å². The lowest BCUT2D eigenvalue weighted by molar-refractivity contribution is 0.0369. The van der Waals surface area contributed by atoms with Gasteiger partial charge in [-0.25, -0.2) is 0 Å². The summed E-state index contributed by atoms with van der Waals surface area (Å²) in [6.45, 7) is 10.1. The van der Waals surface area contributed by atoms with E-state index >= 15 is 0 Å². The van der Waals surface area contributed by atoms with Crippen molar-refractivity contribution < 1.29 is 9.15 Å². The molecule has 0 saturated carbocycles. The third-order valence-corrected chi connectivity index (χ3v) is 2.30. The molecule has 0 saturated heterocycles. The van der Waals surface area contributed by atoms with Gasteiger partial charge in [-0.1, -0.05) is 0 Å². The molecule has 1 rings (SSSR count). The second-order valence-corrected chi connectivity index (χ2v) is 5.17. The molecule has 16 heavy (non-hydrogen) atoms. The number of hydrogen-bond acceptors (Lipinski definition) is 3. The maximum atomic E-state index is 5.67. The molecule has 0 bridgehead atoms. The molecule has 1 aromatic heterocycles. The minimum Gasteiger partial charge on any atom is -0.467 e. The summed E-state index contributed by atoms with van der Waals surface area (Å²) in [7, 11) is 0. The molecular weight excluding hydrogens is 202 g/mol. The molecule has 3 heteroatoms. The van der Waals surface area contributed by atoms with Crippen LogP contribution in [0.2, 0.25) is 0 Å². The molecule has 1 atom stereocenters. The summed E-state index contributed by atoms with van der Waals surface area (Å²) in [5, 5.41) is 3.44. The van der Waals surface area contributed by atoms with Crippen LogP contribution in [0.4, 0.5) is 0 Å². The van der Waals surface area contributed by atoms with Gasteiger partial charge in [0.25, 0.3) is 0 Å². The van der Waals surface area contributed by atoms with Gasteiger partial charge in [-0.05, 0) is 52.8 Å². The molecule has 0 amide bonds. The van der Waals surface area contributed by atoms with Gasteiger partial charge in [-0.15, -0.1) is 0 Å². The summed E-state index contributed by atoms with van der Waals surface area (Å²) in [4.78, 5) is 0. The van der Waals surface area contributed by atoms with Gasteiger partial charge in [0.15, 0.2) is 0 Å². The van der Waals surface area contributed by atoms with Crippen LogP contribution in [0.15, 0.2) is 22.8 Å². The molecule has 0 aromatic carbocycles. The fourth-order valence-corrected chi connectivity index (χ4v) is 1.35. The van der Waals surface area contributed by atoms with E-state index in [1.165, 1.54) is 0 Å². The lowest BCUT2D eigenvalue weighted by Gasteiger charge is -2.21. The van der Waals surface area contributed by atoms with E-state index in [9.17, 15) is 0 Å². The third kappa shape index (κ3) is 5.93. The Morgan fingerprint density at radius 3 is 2.75 bits per heavy atom. The molecule has 0 aliphatic carbocycles. The predicted molar refractivity (Wildman–Crippen MR) is 65.3 cm³/mol. The molecule has 92 valence electrons. The Kier molecular flexibility index (Phi) is 5.03. The van der Waals surface area contributed by atoms with Crippen molar-refractivity contribution in [3.05, 3.63) is 24.2 Å². The molecule has 1 aromatic rings. The fraction of sp³-hybridized carbons (Fsp3) is 0.692. The van der Waals surface area contributed by atoms with Crippen LogP contribution in [0.5, 0.6) is 0 Å². The summed E-state index contributed by atoms with van der Waals surface area (Å²) in [5.74, 6) is 0.885. The summed E-state index contributed by atoms with van der Waals surface area (Å²) < 4.78 is 10.9. The summed E-state index contributed by atoms with van der Waals surface area (Å²) in [6, 6.07) is 3.81. The second-order valence-electron chi connectivity index (χ2n) is 5.17. The van der Waals surface area contributed by atoms with Crippen LogP contribution in [0, 0.1) is 0 Å². The van der Waals surface area contributed by atoms with E-state index in [1.54, 1.807) is 6.26 Å². The minimum absolute atomic E-state index is 0.181. The molecule has 0 radical (unpaired) electrons. The highest BCUT2D eigenvalue weighted by molar-refractivity contribution is 4.96. The van der Waals surface area contributed by atoms with E-state index in [1.807, 2.05) is 12.1 Å². The van der Waals surface area contributed by atoms with Crippen LogP contribution in [-0.2, 0) is 11.3 Å². The average Bonchev–Trinajstić information content (AvgIpc) is 2.65. The lowest BCUT2D eigenvalue weighted by Crippen LogP contribution is -2.37. The Morgan fingerprint density at radius 2 is 2.19 bits per heavy atom. The standard InChI is InChI=1S/C13H23NO2/c1-11(7-8-14-13(2,3)4)16-10-12-6-5-9-15-12/h5-6,9,11,14H,7-8,10H2,1-4H3. The van der Waals surface area contributed by atoms with Gasteiger partial charge in [0.1, 0.15) is 12.4 Å². The number of ether oxygens (including phenoxy) is 1. The zero-order chi connectivity index (χ0) is 12.0. The minimum atomic E-state index is 0.181. The first-order chi connectivity index (χ1) is 7.47. The quantitative estimate of drug-likeness (QED) is 0.808. The molecule has 0 spiro atoms. The number of rotatable bonds is 6. The molecule has 0 fully saturated rings. The summed E-state index contributed by atoms with van der Waals surface area (Å²) >= 11 is 0. The lowest BCUT2D eigenvalue weighted by atomic mass is 10.1. The average molecular weight is 225 g/mol. The highest BCUT2D eigenvalue weighted by Crippen LogP contribution is 2.06. The second kappa shape index (κ2) is 6.06. The van der Waals surface area contributed by atoms with Crippen LogP contribution < -0.4 is 5.32 Å². The summed E-state index contributed by atoms with van der Waals surface area (Å²) in [5.41, 5.74) is 0.181. The summed E-state index contributed by atoms with van der Waals surface area (Å²) in [6.07, 6.45) is 2.93. The highest BCUT2D eigenvalue weighted by atomic mass is 16.5. The first-order valence-electron chi connectivity index (χ1n) is 5.86. The van der Waals surface area contributed by atoms with Gasteiger partial charge >= 0.3 is 0 Å². The molecule has 1 N–H and O–H groups in total. The number of hydrogen-bond donors (Lipinski definition) is 1. The molecular formula is C13H23NO2. The van der Waals surface area contributed by atoms with Crippen LogP contribution in [0.3, 0.4) is 0 Å². The largest absolute Gasteiger partial charge is 0.467 e. The van der Waals surface area contributed by atoms with Crippen molar-refractivity contribution >= 4 is 0 Å². The first kappa shape index (κ1) is 13.3. The van der Waals surface area contributed by atoms with Crippen molar-refractivity contribution in [1.82, 2.24) is 5.32 Å². The van der Waals surface area contributed by atoms with Crippen molar-refractivity contribution in [2.24, 2.45) is 0 Å². The highest BCUT2D eigenvalue weighted by Gasteiger charge is 2.09. The third-order valence-electron chi connectivity index (χ3n) is 2.30. The molecule has 0 aliphatic heterocycles. The van der Waals surface area contributed by atoms with Gasteiger partial charge in [-0.3, -0.25) is 0 Å². The van der Waals surface area contributed by atoms with Crippen LogP contribution >= 0.6 is 0 Å². The zero-order valence-electron chi connectivity index (χ0n) is 10.7. The van der Waals surface area contributed by atoms with E-state index in [0.717, 1.165) is 18.7 Å². The Labute approximate surface area is 98.2 Å².